The number of para-hydroxylation sites is 1. The summed E-state index contributed by atoms with van der Waals surface area (Å²) in [4.78, 5) is 15.2. The lowest BCUT2D eigenvalue weighted by Crippen LogP contribution is -2.34. The van der Waals surface area contributed by atoms with Gasteiger partial charge in [0, 0.05) is 40.1 Å². The van der Waals surface area contributed by atoms with Gasteiger partial charge in [0.25, 0.3) is 0 Å². The number of hydrogen-bond donors (Lipinski definition) is 2. The number of nitrogens with zero attached hydrogens (tertiary/aromatic N) is 1. The highest BCUT2D eigenvalue weighted by Crippen LogP contribution is 2.44. The summed E-state index contributed by atoms with van der Waals surface area (Å²) in [5.74, 6) is 1.36. The number of aromatic nitrogens is 1. The third kappa shape index (κ3) is 4.26. The van der Waals surface area contributed by atoms with Crippen molar-refractivity contribution in [3.63, 3.8) is 0 Å². The van der Waals surface area contributed by atoms with Gasteiger partial charge in [-0.15, -0.1) is 0 Å². The first kappa shape index (κ1) is 24.0. The number of rotatable bonds is 6. The fourth-order valence-electron chi connectivity index (χ4n) is 5.25. The van der Waals surface area contributed by atoms with E-state index in [1.165, 1.54) is 0 Å². The number of benzene rings is 4. The molecule has 0 saturated heterocycles. The molecular formula is C30H24ClN3O4. The molecule has 2 atom stereocenters. The van der Waals surface area contributed by atoms with Crippen LogP contribution < -0.4 is 14.8 Å². The van der Waals surface area contributed by atoms with Gasteiger partial charge >= 0.3 is 5.69 Å². The first-order valence-corrected chi connectivity index (χ1v) is 12.6. The van der Waals surface area contributed by atoms with Crippen molar-refractivity contribution in [3.05, 3.63) is 129 Å². The third-order valence-corrected chi connectivity index (χ3v) is 7.37. The van der Waals surface area contributed by atoms with E-state index < -0.39 is 4.92 Å². The lowest BCUT2D eigenvalue weighted by Gasteiger charge is -2.31. The lowest BCUT2D eigenvalue weighted by molar-refractivity contribution is -0.385. The fourth-order valence-corrected chi connectivity index (χ4v) is 5.52. The predicted molar refractivity (Wildman–Crippen MR) is 148 cm³/mol. The SMILES string of the molecule is COc1ccc(Oc2ccc([C@H]3NC[C@@H](c4ccccc4Cl)c4c3[nH]c3ccccc43)cc2[N+](=O)[O-])cc1. The molecule has 38 heavy (non-hydrogen) atoms. The van der Waals surface area contributed by atoms with E-state index in [4.69, 9.17) is 21.1 Å². The number of nitro groups is 1. The summed E-state index contributed by atoms with van der Waals surface area (Å²) in [6.07, 6.45) is 0. The van der Waals surface area contributed by atoms with E-state index in [2.05, 4.69) is 22.4 Å². The molecule has 0 radical (unpaired) electrons. The molecule has 8 heteroatoms. The molecule has 0 bridgehead atoms. The van der Waals surface area contributed by atoms with Gasteiger partial charge in [-0.2, -0.15) is 0 Å². The van der Waals surface area contributed by atoms with Crippen molar-refractivity contribution in [2.75, 3.05) is 13.7 Å². The van der Waals surface area contributed by atoms with E-state index in [-0.39, 0.29) is 23.4 Å². The average molecular weight is 526 g/mol. The normalized spacial score (nSPS) is 16.7. The van der Waals surface area contributed by atoms with Gasteiger partial charge in [-0.1, -0.05) is 54.1 Å². The zero-order chi connectivity index (χ0) is 26.2. The molecule has 1 aliphatic rings. The van der Waals surface area contributed by atoms with Crippen LogP contribution in [0.5, 0.6) is 17.2 Å². The van der Waals surface area contributed by atoms with Crippen molar-refractivity contribution in [2.24, 2.45) is 0 Å². The van der Waals surface area contributed by atoms with Crippen LogP contribution >= 0.6 is 11.6 Å². The molecule has 0 spiro atoms. The van der Waals surface area contributed by atoms with Crippen LogP contribution in [0.25, 0.3) is 10.9 Å². The smallest absolute Gasteiger partial charge is 0.311 e. The maximum absolute atomic E-state index is 12.1. The van der Waals surface area contributed by atoms with Crippen LogP contribution in [0.2, 0.25) is 5.02 Å². The number of ether oxygens (including phenoxy) is 2. The molecule has 4 aromatic carbocycles. The Hall–Kier alpha value is -4.33. The lowest BCUT2D eigenvalue weighted by atomic mass is 9.83. The maximum atomic E-state index is 12.1. The number of nitrogens with one attached hydrogen (secondary N) is 2. The second-order valence-corrected chi connectivity index (χ2v) is 9.58. The van der Waals surface area contributed by atoms with Gasteiger partial charge in [0.2, 0.25) is 5.75 Å². The number of fused-ring (bicyclic) bond motifs is 3. The molecular weight excluding hydrogens is 502 g/mol. The Bertz CT molecular complexity index is 1650. The molecule has 5 aromatic rings. The highest BCUT2D eigenvalue weighted by molar-refractivity contribution is 6.31. The van der Waals surface area contributed by atoms with Gasteiger partial charge in [0.05, 0.1) is 18.1 Å². The average Bonchev–Trinajstić information content (AvgIpc) is 3.33. The Labute approximate surface area is 224 Å². The van der Waals surface area contributed by atoms with E-state index in [9.17, 15) is 10.1 Å². The Balaban J connectivity index is 1.42. The van der Waals surface area contributed by atoms with Gasteiger partial charge in [-0.25, -0.2) is 0 Å². The van der Waals surface area contributed by atoms with Gasteiger partial charge in [-0.05, 0) is 59.2 Å². The highest BCUT2D eigenvalue weighted by Gasteiger charge is 2.34. The molecule has 0 aliphatic carbocycles. The quantitative estimate of drug-likeness (QED) is 0.179. The highest BCUT2D eigenvalue weighted by atomic mass is 35.5. The van der Waals surface area contributed by atoms with Crippen LogP contribution in [0.1, 0.15) is 34.3 Å². The number of aromatic amines is 1. The minimum absolute atomic E-state index is 0.0266. The molecule has 1 aromatic heterocycles. The number of methoxy groups -OCH3 is 1. The Morgan fingerprint density at radius 3 is 2.45 bits per heavy atom. The molecule has 2 heterocycles. The van der Waals surface area contributed by atoms with E-state index >= 15 is 0 Å². The topological polar surface area (TPSA) is 89.4 Å². The van der Waals surface area contributed by atoms with E-state index in [1.54, 1.807) is 43.5 Å². The van der Waals surface area contributed by atoms with Crippen molar-refractivity contribution in [3.8, 4) is 17.2 Å². The second-order valence-electron chi connectivity index (χ2n) is 9.18. The number of nitro benzene ring substituents is 1. The number of H-pyrrole nitrogens is 1. The van der Waals surface area contributed by atoms with Crippen LogP contribution in [0.3, 0.4) is 0 Å². The summed E-state index contributed by atoms with van der Waals surface area (Å²) in [6.45, 7) is 0.626. The van der Waals surface area contributed by atoms with Gasteiger partial charge in [0.1, 0.15) is 11.5 Å². The van der Waals surface area contributed by atoms with E-state index in [1.807, 2.05) is 42.5 Å². The Kier molecular flexibility index (Phi) is 6.23. The zero-order valence-corrected chi connectivity index (χ0v) is 21.2. The number of hydrogen-bond acceptors (Lipinski definition) is 5. The van der Waals surface area contributed by atoms with Crippen molar-refractivity contribution in [1.29, 1.82) is 0 Å². The molecule has 7 nitrogen and oxygen atoms in total. The molecule has 0 fully saturated rings. The van der Waals surface area contributed by atoms with Crippen LogP contribution in [-0.4, -0.2) is 23.6 Å². The third-order valence-electron chi connectivity index (χ3n) is 7.02. The molecule has 0 saturated carbocycles. The summed E-state index contributed by atoms with van der Waals surface area (Å²) >= 11 is 6.62. The summed E-state index contributed by atoms with van der Waals surface area (Å²) in [5, 5.41) is 17.5. The summed E-state index contributed by atoms with van der Waals surface area (Å²) in [6, 6.07) is 27.8. The zero-order valence-electron chi connectivity index (χ0n) is 20.5. The van der Waals surface area contributed by atoms with Crippen LogP contribution in [-0.2, 0) is 0 Å². The second kappa shape index (κ2) is 9.85. The maximum Gasteiger partial charge on any atom is 0.311 e. The van der Waals surface area contributed by atoms with E-state index in [0.29, 0.717) is 23.1 Å². The monoisotopic (exact) mass is 525 g/mol. The van der Waals surface area contributed by atoms with Crippen molar-refractivity contribution >= 4 is 28.2 Å². The van der Waals surface area contributed by atoms with Gasteiger partial charge in [0.15, 0.2) is 0 Å². The van der Waals surface area contributed by atoms with Crippen molar-refractivity contribution < 1.29 is 14.4 Å². The van der Waals surface area contributed by atoms with Crippen LogP contribution in [0.4, 0.5) is 5.69 Å². The Morgan fingerprint density at radius 1 is 0.947 bits per heavy atom. The summed E-state index contributed by atoms with van der Waals surface area (Å²) in [7, 11) is 1.58. The van der Waals surface area contributed by atoms with Crippen LogP contribution in [0, 0.1) is 10.1 Å². The first-order chi connectivity index (χ1) is 18.5. The van der Waals surface area contributed by atoms with Gasteiger partial charge < -0.3 is 19.8 Å². The summed E-state index contributed by atoms with van der Waals surface area (Å²) in [5.41, 5.74) is 4.84. The molecule has 0 amide bonds. The van der Waals surface area contributed by atoms with Crippen molar-refractivity contribution in [1.82, 2.24) is 10.3 Å². The molecule has 0 unspecified atom stereocenters. The van der Waals surface area contributed by atoms with Crippen LogP contribution in [0.15, 0.2) is 91.0 Å². The predicted octanol–water partition coefficient (Wildman–Crippen LogP) is 7.35. The molecule has 2 N–H and O–H groups in total. The minimum Gasteiger partial charge on any atom is -0.497 e. The Morgan fingerprint density at radius 2 is 1.68 bits per heavy atom. The largest absolute Gasteiger partial charge is 0.497 e. The fraction of sp³-hybridized carbons (Fsp3) is 0.133. The van der Waals surface area contributed by atoms with E-state index in [0.717, 1.165) is 33.3 Å². The van der Waals surface area contributed by atoms with Crippen molar-refractivity contribution in [2.45, 2.75) is 12.0 Å². The standard InChI is InChI=1S/C30H24ClN3O4/c1-37-19-11-13-20(14-12-19)38-27-15-10-18(16-26(27)34(35)36)29-30-28(22-7-3-5-9-25(22)33-30)23(17-32-29)21-6-2-4-8-24(21)31/h2-16,23,29,32-33H,17H2,1H3/t23-,29+/m0/s1. The molecule has 6 rings (SSSR count). The minimum atomic E-state index is -0.413. The first-order valence-electron chi connectivity index (χ1n) is 12.2. The number of halogens is 1. The molecule has 190 valence electrons. The summed E-state index contributed by atoms with van der Waals surface area (Å²) < 4.78 is 11.1. The molecule has 1 aliphatic heterocycles. The van der Waals surface area contributed by atoms with Gasteiger partial charge in [-0.3, -0.25) is 10.1 Å².